The van der Waals surface area contributed by atoms with Crippen LogP contribution >= 0.6 is 11.6 Å². The van der Waals surface area contributed by atoms with Crippen molar-refractivity contribution in [1.29, 1.82) is 0 Å². The Bertz CT molecular complexity index is 1550. The highest BCUT2D eigenvalue weighted by molar-refractivity contribution is 6.30. The van der Waals surface area contributed by atoms with Crippen LogP contribution in [0.4, 0.5) is 4.39 Å². The summed E-state index contributed by atoms with van der Waals surface area (Å²) >= 11 is 6.11. The first kappa shape index (κ1) is 19.6. The number of nitrogens with zero attached hydrogens (tertiary/aromatic N) is 2. The Morgan fingerprint density at radius 2 is 1.58 bits per heavy atom. The normalized spacial score (nSPS) is 11.3. The van der Waals surface area contributed by atoms with E-state index in [1.165, 1.54) is 17.5 Å². The largest absolute Gasteiger partial charge is 1.00 e. The molecule has 0 aliphatic rings. The van der Waals surface area contributed by atoms with E-state index in [0.717, 1.165) is 38.9 Å². The SMILES string of the molecule is Fc1ccc(-c2c3c4[nH]c5ccccc5c4cc[n+]3cn2-c2ccc(Cl)cc2)cc1.[Cl-]. The third kappa shape index (κ3) is 3.07. The lowest BCUT2D eigenvalue weighted by Gasteiger charge is -2.03. The number of fused-ring (bicyclic) bond motifs is 5. The summed E-state index contributed by atoms with van der Waals surface area (Å²) in [7, 11) is 0. The van der Waals surface area contributed by atoms with Crippen molar-refractivity contribution in [3.05, 3.63) is 102 Å². The molecule has 6 aromatic rings. The second-order valence-corrected chi connectivity index (χ2v) is 7.78. The van der Waals surface area contributed by atoms with Crippen LogP contribution in [0.25, 0.3) is 44.3 Å². The number of aromatic amines is 1. The molecule has 31 heavy (non-hydrogen) atoms. The van der Waals surface area contributed by atoms with Crippen LogP contribution in [0.15, 0.2) is 91.4 Å². The van der Waals surface area contributed by atoms with Crippen molar-refractivity contribution in [3.63, 3.8) is 0 Å². The number of H-pyrrole nitrogens is 1. The van der Waals surface area contributed by atoms with E-state index >= 15 is 0 Å². The molecule has 0 spiro atoms. The molecule has 6 rings (SSSR count). The number of nitrogens with one attached hydrogen (secondary N) is 1. The van der Waals surface area contributed by atoms with Gasteiger partial charge in [-0.1, -0.05) is 29.8 Å². The maximum atomic E-state index is 13.7. The number of aromatic nitrogens is 3. The van der Waals surface area contributed by atoms with Crippen molar-refractivity contribution in [2.75, 3.05) is 0 Å². The molecule has 0 aliphatic heterocycles. The van der Waals surface area contributed by atoms with Crippen LogP contribution < -0.4 is 16.8 Å². The van der Waals surface area contributed by atoms with Crippen molar-refractivity contribution in [3.8, 4) is 16.9 Å². The summed E-state index contributed by atoms with van der Waals surface area (Å²) < 4.78 is 17.9. The summed E-state index contributed by atoms with van der Waals surface area (Å²) in [5.74, 6) is -0.254. The second-order valence-electron chi connectivity index (χ2n) is 7.35. The summed E-state index contributed by atoms with van der Waals surface area (Å²) in [6, 6.07) is 24.8. The molecule has 0 aliphatic carbocycles. The molecule has 3 aromatic heterocycles. The van der Waals surface area contributed by atoms with Crippen LogP contribution in [0.2, 0.25) is 5.02 Å². The second kappa shape index (κ2) is 7.41. The maximum absolute atomic E-state index is 13.7. The molecule has 0 unspecified atom stereocenters. The van der Waals surface area contributed by atoms with Gasteiger partial charge in [0.2, 0.25) is 5.52 Å². The van der Waals surface area contributed by atoms with Crippen LogP contribution in [-0.4, -0.2) is 9.55 Å². The molecule has 0 fully saturated rings. The molecular formula is C25H16Cl2FN3. The number of rotatable bonds is 2. The summed E-state index contributed by atoms with van der Waals surface area (Å²) in [5, 5.41) is 3.02. The first-order chi connectivity index (χ1) is 14.7. The van der Waals surface area contributed by atoms with Crippen LogP contribution in [0.1, 0.15) is 0 Å². The lowest BCUT2D eigenvalue weighted by molar-refractivity contribution is -0.510. The highest BCUT2D eigenvalue weighted by Gasteiger charge is 2.24. The summed E-state index contributed by atoms with van der Waals surface area (Å²) in [4.78, 5) is 3.59. The highest BCUT2D eigenvalue weighted by atomic mass is 35.5. The van der Waals surface area contributed by atoms with Gasteiger partial charge in [-0.15, -0.1) is 0 Å². The Labute approximate surface area is 188 Å². The number of para-hydroxylation sites is 1. The minimum absolute atomic E-state index is 0. The number of benzene rings is 3. The number of halogens is 3. The summed E-state index contributed by atoms with van der Waals surface area (Å²) in [6.45, 7) is 0. The van der Waals surface area contributed by atoms with Gasteiger partial charge in [-0.25, -0.2) is 4.39 Å². The zero-order valence-electron chi connectivity index (χ0n) is 16.2. The van der Waals surface area contributed by atoms with E-state index in [9.17, 15) is 4.39 Å². The minimum Gasteiger partial charge on any atom is -1.00 e. The lowest BCUT2D eigenvalue weighted by Crippen LogP contribution is -3.00. The Kier molecular flexibility index (Phi) is 4.69. The zero-order chi connectivity index (χ0) is 20.2. The van der Waals surface area contributed by atoms with E-state index < -0.39 is 0 Å². The molecule has 3 aromatic carbocycles. The molecule has 6 heteroatoms. The fourth-order valence-corrected chi connectivity index (χ4v) is 4.32. The van der Waals surface area contributed by atoms with Gasteiger partial charge < -0.3 is 17.4 Å². The van der Waals surface area contributed by atoms with Crippen LogP contribution in [0.5, 0.6) is 0 Å². The number of pyridine rings is 1. The molecular weight excluding hydrogens is 432 g/mol. The Hall–Kier alpha value is -3.34. The van der Waals surface area contributed by atoms with Gasteiger partial charge in [0.15, 0.2) is 5.69 Å². The average Bonchev–Trinajstić information content (AvgIpc) is 3.33. The van der Waals surface area contributed by atoms with Crippen molar-refractivity contribution in [2.24, 2.45) is 0 Å². The number of imidazole rings is 1. The summed E-state index contributed by atoms with van der Waals surface area (Å²) in [6.07, 6.45) is 4.11. The van der Waals surface area contributed by atoms with E-state index in [1.807, 2.05) is 54.9 Å². The quantitative estimate of drug-likeness (QED) is 0.394. The third-order valence-electron chi connectivity index (χ3n) is 5.57. The van der Waals surface area contributed by atoms with Gasteiger partial charge in [0.05, 0.1) is 11.7 Å². The van der Waals surface area contributed by atoms with Gasteiger partial charge in [0, 0.05) is 26.9 Å². The molecule has 0 amide bonds. The van der Waals surface area contributed by atoms with Crippen molar-refractivity contribution in [2.45, 2.75) is 0 Å². The first-order valence-corrected chi connectivity index (χ1v) is 10.0. The predicted octanol–water partition coefficient (Wildman–Crippen LogP) is 3.31. The van der Waals surface area contributed by atoms with E-state index in [0.29, 0.717) is 5.02 Å². The molecule has 0 saturated carbocycles. The van der Waals surface area contributed by atoms with E-state index in [4.69, 9.17) is 11.6 Å². The molecule has 152 valence electrons. The summed E-state index contributed by atoms with van der Waals surface area (Å²) in [5.41, 5.74) is 6.06. The molecule has 3 nitrogen and oxygen atoms in total. The molecule has 3 heterocycles. The lowest BCUT2D eigenvalue weighted by atomic mass is 10.1. The molecule has 0 bridgehead atoms. The van der Waals surface area contributed by atoms with Crippen molar-refractivity contribution < 1.29 is 21.2 Å². The fourth-order valence-electron chi connectivity index (χ4n) is 4.20. The smallest absolute Gasteiger partial charge is 0.254 e. The minimum atomic E-state index is -0.254. The Morgan fingerprint density at radius 3 is 2.35 bits per heavy atom. The predicted molar refractivity (Wildman–Crippen MR) is 119 cm³/mol. The van der Waals surface area contributed by atoms with Gasteiger partial charge in [0.25, 0.3) is 6.33 Å². The topological polar surface area (TPSA) is 24.8 Å². The molecule has 0 radical (unpaired) electrons. The average molecular weight is 448 g/mol. The standard InChI is InChI=1S/C25H16ClFN3.ClH/c26-17-7-11-19(12-8-17)30-15-29-14-13-21-20-3-1-2-4-22(20)28-23(21)25(29)24(30)16-5-9-18(27)10-6-16;/h1-15,28H;1H/q+1;/p-1. The van der Waals surface area contributed by atoms with Crippen molar-refractivity contribution in [1.82, 2.24) is 9.55 Å². The van der Waals surface area contributed by atoms with Gasteiger partial charge in [-0.05, 0) is 60.7 Å². The molecule has 0 atom stereocenters. The van der Waals surface area contributed by atoms with Crippen LogP contribution in [0, 0.1) is 5.82 Å². The van der Waals surface area contributed by atoms with Gasteiger partial charge in [-0.2, -0.15) is 8.97 Å². The van der Waals surface area contributed by atoms with Crippen LogP contribution in [-0.2, 0) is 0 Å². The maximum Gasteiger partial charge on any atom is 0.254 e. The third-order valence-corrected chi connectivity index (χ3v) is 5.82. The Morgan fingerprint density at radius 1 is 0.839 bits per heavy atom. The van der Waals surface area contributed by atoms with Gasteiger partial charge in [-0.3, -0.25) is 0 Å². The van der Waals surface area contributed by atoms with Gasteiger partial charge >= 0.3 is 0 Å². The van der Waals surface area contributed by atoms with Crippen LogP contribution in [0.3, 0.4) is 0 Å². The van der Waals surface area contributed by atoms with Gasteiger partial charge in [0.1, 0.15) is 11.5 Å². The fraction of sp³-hybridized carbons (Fsp3) is 0. The molecule has 1 N–H and O–H groups in total. The van der Waals surface area contributed by atoms with E-state index in [1.54, 1.807) is 0 Å². The van der Waals surface area contributed by atoms with Crippen molar-refractivity contribution >= 4 is 38.9 Å². The number of hydrogen-bond acceptors (Lipinski definition) is 0. The Balaban J connectivity index is 0.00000204. The zero-order valence-corrected chi connectivity index (χ0v) is 17.7. The molecule has 0 saturated heterocycles. The van der Waals surface area contributed by atoms with E-state index in [2.05, 4.69) is 38.3 Å². The first-order valence-electron chi connectivity index (χ1n) is 9.67. The van der Waals surface area contributed by atoms with E-state index in [-0.39, 0.29) is 18.2 Å². The highest BCUT2D eigenvalue weighted by Crippen LogP contribution is 2.33. The monoisotopic (exact) mass is 447 g/mol. The number of hydrogen-bond donors (Lipinski definition) is 1.